The smallest absolute Gasteiger partial charge is 0.333 e. The molecule has 0 aromatic heterocycles. The summed E-state index contributed by atoms with van der Waals surface area (Å²) in [6, 6.07) is 0. The molecule has 0 saturated carbocycles. The first-order chi connectivity index (χ1) is 6.99. The molecular formula is C10H20O5. The molecule has 0 fully saturated rings. The normalized spacial score (nSPS) is 9.20. The Labute approximate surface area is 90.0 Å². The van der Waals surface area contributed by atoms with E-state index in [1.165, 1.54) is 0 Å². The first-order valence-corrected chi connectivity index (χ1v) is 4.71. The lowest BCUT2D eigenvalue weighted by molar-refractivity contribution is -0.138. The van der Waals surface area contributed by atoms with Crippen molar-refractivity contribution in [1.82, 2.24) is 0 Å². The van der Waals surface area contributed by atoms with Crippen molar-refractivity contribution < 1.29 is 24.9 Å². The molecule has 3 N–H and O–H groups in total. The summed E-state index contributed by atoms with van der Waals surface area (Å²) < 4.78 is 4.71. The van der Waals surface area contributed by atoms with Gasteiger partial charge in [0.2, 0.25) is 0 Å². The third-order valence-corrected chi connectivity index (χ3v) is 1.21. The fourth-order valence-corrected chi connectivity index (χ4v) is 0.376. The van der Waals surface area contributed by atoms with Gasteiger partial charge < -0.3 is 20.1 Å². The van der Waals surface area contributed by atoms with Crippen LogP contribution in [0.1, 0.15) is 20.3 Å². The van der Waals surface area contributed by atoms with E-state index in [1.807, 2.05) is 6.92 Å². The Morgan fingerprint density at radius 2 is 1.87 bits per heavy atom. The molecule has 0 unspecified atom stereocenters. The molecule has 0 aliphatic heterocycles. The number of carbonyl (C=O) groups is 1. The molecule has 0 aliphatic carbocycles. The van der Waals surface area contributed by atoms with E-state index in [2.05, 4.69) is 6.58 Å². The Kier molecular flexibility index (Phi) is 12.3. The average molecular weight is 220 g/mol. The zero-order valence-corrected chi connectivity index (χ0v) is 9.27. The lowest BCUT2D eigenvalue weighted by atomic mass is 10.4. The van der Waals surface area contributed by atoms with E-state index in [-0.39, 0.29) is 19.2 Å². The molecular weight excluding hydrogens is 200 g/mol. The van der Waals surface area contributed by atoms with Crippen molar-refractivity contribution in [2.75, 3.05) is 19.8 Å². The van der Waals surface area contributed by atoms with Gasteiger partial charge in [0.1, 0.15) is 6.10 Å². The average Bonchev–Trinajstić information content (AvgIpc) is 2.25. The highest BCUT2D eigenvalue weighted by Crippen LogP contribution is 1.91. The predicted molar refractivity (Wildman–Crippen MR) is 56.2 cm³/mol. The van der Waals surface area contributed by atoms with E-state index in [0.29, 0.717) is 12.2 Å². The number of ether oxygens (including phenoxy) is 1. The monoisotopic (exact) mass is 220 g/mol. The summed E-state index contributed by atoms with van der Waals surface area (Å²) in [4.78, 5) is 10.6. The van der Waals surface area contributed by atoms with Gasteiger partial charge in [-0.25, -0.2) is 4.79 Å². The minimum Gasteiger partial charge on any atom is -0.462 e. The Balaban J connectivity index is 0. The predicted octanol–water partition coefficient (Wildman–Crippen LogP) is -0.152. The summed E-state index contributed by atoms with van der Waals surface area (Å²) in [5.74, 6) is -0.295. The number of hydrogen-bond acceptors (Lipinski definition) is 5. The van der Waals surface area contributed by atoms with Crippen molar-refractivity contribution in [2.45, 2.75) is 26.4 Å². The summed E-state index contributed by atoms with van der Waals surface area (Å²) >= 11 is 0. The minimum absolute atomic E-state index is 0.295. The standard InChI is InChI=1S/C7H12O2.C3H8O3/c1-4-5-9-7(8)6(2)3;4-1-3(6)2-5/h2,4-5H2,1,3H3;3-6H,1-2H2. The molecule has 0 rings (SSSR count). The summed E-state index contributed by atoms with van der Waals surface area (Å²) in [5, 5.41) is 24.0. The van der Waals surface area contributed by atoms with Gasteiger partial charge in [-0.3, -0.25) is 0 Å². The van der Waals surface area contributed by atoms with Crippen molar-refractivity contribution in [1.29, 1.82) is 0 Å². The molecule has 0 radical (unpaired) electrons. The fraction of sp³-hybridized carbons (Fsp3) is 0.700. The van der Waals surface area contributed by atoms with Crippen LogP contribution in [0.15, 0.2) is 12.2 Å². The molecule has 0 aliphatic rings. The van der Waals surface area contributed by atoms with E-state index >= 15 is 0 Å². The Bertz CT molecular complexity index is 175. The number of rotatable bonds is 5. The highest BCUT2D eigenvalue weighted by Gasteiger charge is 1.99. The molecule has 0 atom stereocenters. The Morgan fingerprint density at radius 1 is 1.40 bits per heavy atom. The van der Waals surface area contributed by atoms with Gasteiger partial charge in [0, 0.05) is 5.57 Å². The van der Waals surface area contributed by atoms with Crippen molar-refractivity contribution in [3.8, 4) is 0 Å². The van der Waals surface area contributed by atoms with Crippen LogP contribution >= 0.6 is 0 Å². The molecule has 5 heteroatoms. The summed E-state index contributed by atoms with van der Waals surface area (Å²) in [6.07, 6.45) is -0.0936. The van der Waals surface area contributed by atoms with Gasteiger partial charge in [-0.15, -0.1) is 0 Å². The topological polar surface area (TPSA) is 87.0 Å². The van der Waals surface area contributed by atoms with Crippen LogP contribution in [0.3, 0.4) is 0 Å². The van der Waals surface area contributed by atoms with Crippen LogP contribution in [0.4, 0.5) is 0 Å². The maximum absolute atomic E-state index is 10.6. The fourth-order valence-electron chi connectivity index (χ4n) is 0.376. The van der Waals surface area contributed by atoms with Crippen LogP contribution < -0.4 is 0 Å². The molecule has 5 nitrogen and oxygen atoms in total. The van der Waals surface area contributed by atoms with E-state index in [1.54, 1.807) is 6.92 Å². The maximum Gasteiger partial charge on any atom is 0.333 e. The quantitative estimate of drug-likeness (QED) is 0.443. The molecule has 0 spiro atoms. The van der Waals surface area contributed by atoms with E-state index in [9.17, 15) is 4.79 Å². The highest BCUT2D eigenvalue weighted by atomic mass is 16.5. The SMILES string of the molecule is C=C(C)C(=O)OCCC.OCC(O)CO. The van der Waals surface area contributed by atoms with Crippen LogP contribution in [-0.4, -0.2) is 47.2 Å². The maximum atomic E-state index is 10.6. The third-order valence-electron chi connectivity index (χ3n) is 1.21. The van der Waals surface area contributed by atoms with Crippen LogP contribution in [0.5, 0.6) is 0 Å². The van der Waals surface area contributed by atoms with Crippen molar-refractivity contribution in [3.05, 3.63) is 12.2 Å². The number of esters is 1. The van der Waals surface area contributed by atoms with Gasteiger partial charge in [-0.1, -0.05) is 13.5 Å². The second kappa shape index (κ2) is 11.2. The van der Waals surface area contributed by atoms with Gasteiger partial charge >= 0.3 is 5.97 Å². The summed E-state index contributed by atoms with van der Waals surface area (Å²) in [7, 11) is 0. The lowest BCUT2D eigenvalue weighted by Gasteiger charge is -1.99. The zero-order valence-electron chi connectivity index (χ0n) is 9.27. The Hall–Kier alpha value is -0.910. The molecule has 0 saturated heterocycles. The van der Waals surface area contributed by atoms with Gasteiger partial charge in [-0.2, -0.15) is 0 Å². The van der Waals surface area contributed by atoms with Gasteiger partial charge in [-0.05, 0) is 13.3 Å². The molecule has 15 heavy (non-hydrogen) atoms. The molecule has 90 valence electrons. The Morgan fingerprint density at radius 3 is 2.07 bits per heavy atom. The van der Waals surface area contributed by atoms with Gasteiger partial charge in [0.15, 0.2) is 0 Å². The van der Waals surface area contributed by atoms with E-state index < -0.39 is 6.10 Å². The van der Waals surface area contributed by atoms with E-state index in [0.717, 1.165) is 6.42 Å². The number of aliphatic hydroxyl groups is 3. The lowest BCUT2D eigenvalue weighted by Crippen LogP contribution is -2.15. The molecule has 0 amide bonds. The molecule has 0 aromatic rings. The molecule has 0 aromatic carbocycles. The summed E-state index contributed by atoms with van der Waals surface area (Å²) in [5.41, 5.74) is 0.462. The summed E-state index contributed by atoms with van der Waals surface area (Å²) in [6.45, 7) is 6.78. The van der Waals surface area contributed by atoms with Crippen molar-refractivity contribution in [2.24, 2.45) is 0 Å². The first-order valence-electron chi connectivity index (χ1n) is 4.71. The van der Waals surface area contributed by atoms with E-state index in [4.69, 9.17) is 20.1 Å². The van der Waals surface area contributed by atoms with Gasteiger partial charge in [0.25, 0.3) is 0 Å². The second-order valence-corrected chi connectivity index (χ2v) is 2.94. The first kappa shape index (κ1) is 16.5. The third kappa shape index (κ3) is 13.1. The van der Waals surface area contributed by atoms with Crippen LogP contribution in [-0.2, 0) is 9.53 Å². The minimum atomic E-state index is -0.954. The second-order valence-electron chi connectivity index (χ2n) is 2.94. The van der Waals surface area contributed by atoms with Crippen LogP contribution in [0.25, 0.3) is 0 Å². The number of carbonyl (C=O) groups excluding carboxylic acids is 1. The molecule has 0 bridgehead atoms. The van der Waals surface area contributed by atoms with Crippen molar-refractivity contribution in [3.63, 3.8) is 0 Å². The zero-order chi connectivity index (χ0) is 12.3. The van der Waals surface area contributed by atoms with Crippen molar-refractivity contribution >= 4 is 5.97 Å². The molecule has 0 heterocycles. The van der Waals surface area contributed by atoms with Crippen LogP contribution in [0, 0.1) is 0 Å². The van der Waals surface area contributed by atoms with Crippen LogP contribution in [0.2, 0.25) is 0 Å². The largest absolute Gasteiger partial charge is 0.462 e. The van der Waals surface area contributed by atoms with Gasteiger partial charge in [0.05, 0.1) is 19.8 Å². The number of hydrogen-bond donors (Lipinski definition) is 3. The highest BCUT2D eigenvalue weighted by molar-refractivity contribution is 5.86. The number of aliphatic hydroxyl groups excluding tert-OH is 3.